The molecule has 98 valence electrons. The normalized spacial score (nSPS) is 14.4. The molecule has 0 atom stereocenters. The van der Waals surface area contributed by atoms with Crippen LogP contribution in [0.25, 0.3) is 0 Å². The summed E-state index contributed by atoms with van der Waals surface area (Å²) in [6.07, 6.45) is 2.16. The van der Waals surface area contributed by atoms with Crippen LogP contribution in [0.3, 0.4) is 0 Å². The van der Waals surface area contributed by atoms with Crippen molar-refractivity contribution >= 4 is 5.91 Å². The highest BCUT2D eigenvalue weighted by Crippen LogP contribution is 2.26. The lowest BCUT2D eigenvalue weighted by atomic mass is 10.2. The summed E-state index contributed by atoms with van der Waals surface area (Å²) in [5.74, 6) is 0.0662. The molecule has 2 rings (SSSR count). The van der Waals surface area contributed by atoms with Gasteiger partial charge in [-0.2, -0.15) is 0 Å². The predicted molar refractivity (Wildman–Crippen MR) is 67.0 cm³/mol. The van der Waals surface area contributed by atoms with Crippen LogP contribution in [-0.4, -0.2) is 30.0 Å². The molecule has 1 aromatic rings. The van der Waals surface area contributed by atoms with E-state index in [9.17, 15) is 9.18 Å². The van der Waals surface area contributed by atoms with Crippen LogP contribution in [0, 0.1) is 12.7 Å². The third-order valence-corrected chi connectivity index (χ3v) is 3.15. The number of hydrogen-bond acceptors (Lipinski definition) is 2. The summed E-state index contributed by atoms with van der Waals surface area (Å²) in [4.78, 5) is 13.8. The van der Waals surface area contributed by atoms with Gasteiger partial charge in [0.15, 0.2) is 6.61 Å². The van der Waals surface area contributed by atoms with E-state index >= 15 is 0 Å². The fourth-order valence-corrected chi connectivity index (χ4v) is 1.98. The minimum Gasteiger partial charge on any atom is -0.483 e. The number of aryl methyl sites for hydroxylation is 1. The van der Waals surface area contributed by atoms with Crippen LogP contribution in [0.1, 0.15) is 25.3 Å². The molecule has 0 unspecified atom stereocenters. The van der Waals surface area contributed by atoms with Crippen molar-refractivity contribution in [3.63, 3.8) is 0 Å². The Balaban J connectivity index is 1.94. The Bertz CT molecular complexity index is 443. The van der Waals surface area contributed by atoms with Gasteiger partial charge >= 0.3 is 0 Å². The summed E-state index contributed by atoms with van der Waals surface area (Å²) in [7, 11) is 0. The molecule has 0 saturated heterocycles. The number of benzene rings is 1. The Morgan fingerprint density at radius 1 is 1.50 bits per heavy atom. The first kappa shape index (κ1) is 12.9. The van der Waals surface area contributed by atoms with Gasteiger partial charge < -0.3 is 9.64 Å². The second kappa shape index (κ2) is 5.38. The summed E-state index contributed by atoms with van der Waals surface area (Å²) in [5, 5.41) is 0. The lowest BCUT2D eigenvalue weighted by Gasteiger charge is -2.20. The average molecular weight is 251 g/mol. The number of likely N-dealkylation sites (N-methyl/N-ethyl adjacent to an activating group) is 1. The molecule has 1 fully saturated rings. The van der Waals surface area contributed by atoms with Crippen molar-refractivity contribution in [2.24, 2.45) is 0 Å². The zero-order valence-electron chi connectivity index (χ0n) is 10.8. The molecule has 0 aromatic heterocycles. The van der Waals surface area contributed by atoms with Gasteiger partial charge in [0.2, 0.25) is 0 Å². The molecular weight excluding hydrogens is 233 g/mol. The lowest BCUT2D eigenvalue weighted by Crippen LogP contribution is -2.36. The first-order valence-electron chi connectivity index (χ1n) is 6.30. The highest BCUT2D eigenvalue weighted by atomic mass is 19.1. The van der Waals surface area contributed by atoms with Gasteiger partial charge in [0.1, 0.15) is 11.6 Å². The van der Waals surface area contributed by atoms with E-state index in [4.69, 9.17) is 4.74 Å². The van der Waals surface area contributed by atoms with Crippen LogP contribution >= 0.6 is 0 Å². The highest BCUT2D eigenvalue weighted by molar-refractivity contribution is 5.78. The predicted octanol–water partition coefficient (Wildman–Crippen LogP) is 2.52. The van der Waals surface area contributed by atoms with E-state index in [1.165, 1.54) is 12.1 Å². The molecule has 1 aliphatic carbocycles. The monoisotopic (exact) mass is 251 g/mol. The Morgan fingerprint density at radius 3 is 2.83 bits per heavy atom. The van der Waals surface area contributed by atoms with Crippen molar-refractivity contribution in [3.8, 4) is 5.75 Å². The van der Waals surface area contributed by atoms with E-state index in [-0.39, 0.29) is 18.3 Å². The Labute approximate surface area is 107 Å². The number of nitrogens with zero attached hydrogens (tertiary/aromatic N) is 1. The number of rotatable bonds is 5. The number of halogens is 1. The molecule has 1 aromatic carbocycles. The largest absolute Gasteiger partial charge is 0.483 e. The van der Waals surface area contributed by atoms with Crippen molar-refractivity contribution in [2.75, 3.05) is 13.2 Å². The third-order valence-electron chi connectivity index (χ3n) is 3.15. The Hall–Kier alpha value is -1.58. The molecule has 3 nitrogen and oxygen atoms in total. The fraction of sp³-hybridized carbons (Fsp3) is 0.500. The third kappa shape index (κ3) is 3.00. The quantitative estimate of drug-likeness (QED) is 0.804. The van der Waals surface area contributed by atoms with E-state index in [2.05, 4.69) is 0 Å². The maximum absolute atomic E-state index is 13.1. The number of hydrogen-bond donors (Lipinski definition) is 0. The minimum absolute atomic E-state index is 0.0192. The van der Waals surface area contributed by atoms with Crippen molar-refractivity contribution in [3.05, 3.63) is 29.6 Å². The van der Waals surface area contributed by atoms with Crippen LogP contribution in [0.15, 0.2) is 18.2 Å². The second-order valence-electron chi connectivity index (χ2n) is 4.61. The molecule has 0 N–H and O–H groups in total. The van der Waals surface area contributed by atoms with Crippen LogP contribution in [-0.2, 0) is 4.79 Å². The Kier molecular flexibility index (Phi) is 3.84. The first-order valence-corrected chi connectivity index (χ1v) is 6.30. The molecule has 0 radical (unpaired) electrons. The van der Waals surface area contributed by atoms with Crippen molar-refractivity contribution in [2.45, 2.75) is 32.7 Å². The number of carbonyl (C=O) groups excluding carboxylic acids is 1. The zero-order chi connectivity index (χ0) is 13.1. The van der Waals surface area contributed by atoms with E-state index < -0.39 is 0 Å². The van der Waals surface area contributed by atoms with Crippen LogP contribution in [0.5, 0.6) is 5.75 Å². The molecule has 1 saturated carbocycles. The van der Waals surface area contributed by atoms with E-state index in [0.717, 1.165) is 18.4 Å². The molecule has 4 heteroatoms. The van der Waals surface area contributed by atoms with Gasteiger partial charge in [-0.25, -0.2) is 4.39 Å². The van der Waals surface area contributed by atoms with Gasteiger partial charge in [-0.1, -0.05) is 6.07 Å². The highest BCUT2D eigenvalue weighted by Gasteiger charge is 2.31. The first-order chi connectivity index (χ1) is 8.61. The topological polar surface area (TPSA) is 29.5 Å². The van der Waals surface area contributed by atoms with Gasteiger partial charge in [0.05, 0.1) is 0 Å². The number of ether oxygens (including phenoxy) is 1. The molecule has 0 aliphatic heterocycles. The standard InChI is InChI=1S/C14H18FNO2/c1-3-16(12-6-7-12)14(17)9-18-13-8-11(15)5-4-10(13)2/h4-5,8,12H,3,6-7,9H2,1-2H3. The summed E-state index contributed by atoms with van der Waals surface area (Å²) < 4.78 is 18.5. The van der Waals surface area contributed by atoms with E-state index in [1.54, 1.807) is 6.07 Å². The summed E-state index contributed by atoms with van der Waals surface area (Å²) in [5.41, 5.74) is 0.832. The summed E-state index contributed by atoms with van der Waals surface area (Å²) >= 11 is 0. The van der Waals surface area contributed by atoms with Gasteiger partial charge in [-0.15, -0.1) is 0 Å². The minimum atomic E-state index is -0.349. The van der Waals surface area contributed by atoms with Gasteiger partial charge in [-0.05, 0) is 38.3 Å². The van der Waals surface area contributed by atoms with Crippen LogP contribution in [0.2, 0.25) is 0 Å². The molecule has 0 heterocycles. The SMILES string of the molecule is CCN(C(=O)COc1cc(F)ccc1C)C1CC1. The van der Waals surface area contributed by atoms with E-state index in [1.807, 2.05) is 18.7 Å². The molecular formula is C14H18FNO2. The number of amides is 1. The molecule has 0 bridgehead atoms. The molecule has 18 heavy (non-hydrogen) atoms. The van der Waals surface area contributed by atoms with Crippen molar-refractivity contribution < 1.29 is 13.9 Å². The fourth-order valence-electron chi connectivity index (χ4n) is 1.98. The molecule has 1 aliphatic rings. The van der Waals surface area contributed by atoms with Gasteiger partial charge in [-0.3, -0.25) is 4.79 Å². The summed E-state index contributed by atoms with van der Waals surface area (Å²) in [6.45, 7) is 4.48. The molecule has 0 spiro atoms. The van der Waals surface area contributed by atoms with Gasteiger partial charge in [0, 0.05) is 18.7 Å². The van der Waals surface area contributed by atoms with Crippen LogP contribution in [0.4, 0.5) is 4.39 Å². The van der Waals surface area contributed by atoms with E-state index in [0.29, 0.717) is 18.3 Å². The zero-order valence-corrected chi connectivity index (χ0v) is 10.8. The Morgan fingerprint density at radius 2 is 2.22 bits per heavy atom. The maximum Gasteiger partial charge on any atom is 0.260 e. The average Bonchev–Trinajstić information content (AvgIpc) is 3.16. The van der Waals surface area contributed by atoms with Gasteiger partial charge in [0.25, 0.3) is 5.91 Å². The maximum atomic E-state index is 13.1. The molecule has 1 amide bonds. The number of carbonyl (C=O) groups is 1. The second-order valence-corrected chi connectivity index (χ2v) is 4.61. The smallest absolute Gasteiger partial charge is 0.260 e. The lowest BCUT2D eigenvalue weighted by molar-refractivity contribution is -0.133. The van der Waals surface area contributed by atoms with Crippen LogP contribution < -0.4 is 4.74 Å². The van der Waals surface area contributed by atoms with Crippen molar-refractivity contribution in [1.82, 2.24) is 4.90 Å². The van der Waals surface area contributed by atoms with Crippen molar-refractivity contribution in [1.29, 1.82) is 0 Å². The summed E-state index contributed by atoms with van der Waals surface area (Å²) in [6, 6.07) is 4.73.